The molecule has 0 bridgehead atoms. The number of rotatable bonds is 9. The molecule has 0 fully saturated rings. The number of carbonyl (C=O) groups is 1. The maximum atomic E-state index is 12.4. The van der Waals surface area contributed by atoms with Gasteiger partial charge in [0.15, 0.2) is 0 Å². The Kier molecular flexibility index (Phi) is 6.60. The van der Waals surface area contributed by atoms with Gasteiger partial charge in [0.05, 0.1) is 24.7 Å². The molecule has 3 rings (SSSR count). The van der Waals surface area contributed by atoms with Gasteiger partial charge in [-0.05, 0) is 30.5 Å². The molecule has 140 valence electrons. The number of carbonyl (C=O) groups excluding carboxylic acids is 1. The van der Waals surface area contributed by atoms with E-state index in [0.29, 0.717) is 24.5 Å². The van der Waals surface area contributed by atoms with Crippen molar-refractivity contribution in [3.63, 3.8) is 0 Å². The van der Waals surface area contributed by atoms with Crippen molar-refractivity contribution in [3.8, 4) is 5.75 Å². The molecule has 1 heterocycles. The second-order valence-corrected chi connectivity index (χ2v) is 6.31. The second kappa shape index (κ2) is 9.54. The van der Waals surface area contributed by atoms with E-state index in [1.165, 1.54) is 5.56 Å². The van der Waals surface area contributed by atoms with Crippen molar-refractivity contribution >= 4 is 11.6 Å². The molecular formula is C21H24N4O2. The van der Waals surface area contributed by atoms with Crippen LogP contribution in [0.15, 0.2) is 67.1 Å². The van der Waals surface area contributed by atoms with E-state index in [9.17, 15) is 4.79 Å². The van der Waals surface area contributed by atoms with Crippen LogP contribution < -0.4 is 15.8 Å². The first-order chi connectivity index (χ1) is 13.2. The van der Waals surface area contributed by atoms with Gasteiger partial charge in [0.1, 0.15) is 5.75 Å². The van der Waals surface area contributed by atoms with Crippen LogP contribution >= 0.6 is 0 Å². The summed E-state index contributed by atoms with van der Waals surface area (Å²) in [7, 11) is 0. The first-order valence-electron chi connectivity index (χ1n) is 9.02. The van der Waals surface area contributed by atoms with Gasteiger partial charge in [0, 0.05) is 18.3 Å². The standard InChI is InChI=1S/C21H24N4O2/c22-18(13-17-14-23-15-24-17)21(26)25-19-10-4-5-11-20(19)27-12-6-9-16-7-2-1-3-8-16/h1-5,7-8,10-11,14-15,18H,6,9,12-13,22H2,(H,23,24)(H,25,26)/t18-/m0/s1. The number of imidazole rings is 1. The first kappa shape index (κ1) is 18.7. The van der Waals surface area contributed by atoms with Crippen molar-refractivity contribution in [1.82, 2.24) is 9.97 Å². The zero-order chi connectivity index (χ0) is 18.9. The minimum Gasteiger partial charge on any atom is -0.491 e. The van der Waals surface area contributed by atoms with Crippen LogP contribution in [0.25, 0.3) is 0 Å². The summed E-state index contributed by atoms with van der Waals surface area (Å²) in [6.07, 6.45) is 5.47. The van der Waals surface area contributed by atoms with Gasteiger partial charge >= 0.3 is 0 Å². The van der Waals surface area contributed by atoms with Crippen LogP contribution in [0.3, 0.4) is 0 Å². The smallest absolute Gasteiger partial charge is 0.241 e. The number of aryl methyl sites for hydroxylation is 1. The Labute approximate surface area is 158 Å². The third-order valence-electron chi connectivity index (χ3n) is 4.19. The highest BCUT2D eigenvalue weighted by Gasteiger charge is 2.16. The molecule has 4 N–H and O–H groups in total. The summed E-state index contributed by atoms with van der Waals surface area (Å²) in [5, 5.41) is 2.86. The van der Waals surface area contributed by atoms with Crippen LogP contribution in [-0.2, 0) is 17.6 Å². The minimum atomic E-state index is -0.670. The molecule has 1 amide bonds. The predicted octanol–water partition coefficient (Wildman–Crippen LogP) is 2.93. The number of anilines is 1. The highest BCUT2D eigenvalue weighted by molar-refractivity contribution is 5.96. The quantitative estimate of drug-likeness (QED) is 0.509. The summed E-state index contributed by atoms with van der Waals surface area (Å²) >= 11 is 0. The average molecular weight is 364 g/mol. The van der Waals surface area contributed by atoms with Gasteiger partial charge in [-0.25, -0.2) is 4.98 Å². The molecule has 1 aromatic heterocycles. The Morgan fingerprint density at radius 2 is 1.93 bits per heavy atom. The SMILES string of the molecule is N[C@@H](Cc1cnc[nH]1)C(=O)Nc1ccccc1OCCCc1ccccc1. The molecule has 1 atom stereocenters. The summed E-state index contributed by atoms with van der Waals surface area (Å²) < 4.78 is 5.87. The number of para-hydroxylation sites is 2. The Balaban J connectivity index is 1.51. The fourth-order valence-electron chi connectivity index (χ4n) is 2.75. The van der Waals surface area contributed by atoms with Crippen LogP contribution in [0.2, 0.25) is 0 Å². The number of benzene rings is 2. The van der Waals surface area contributed by atoms with Gasteiger partial charge in [0.2, 0.25) is 5.91 Å². The number of hydrogen-bond donors (Lipinski definition) is 3. The van der Waals surface area contributed by atoms with E-state index in [4.69, 9.17) is 10.5 Å². The normalized spacial score (nSPS) is 11.7. The summed E-state index contributed by atoms with van der Waals surface area (Å²) in [4.78, 5) is 19.3. The lowest BCUT2D eigenvalue weighted by molar-refractivity contribution is -0.117. The molecule has 0 saturated heterocycles. The highest BCUT2D eigenvalue weighted by atomic mass is 16.5. The summed E-state index contributed by atoms with van der Waals surface area (Å²) in [5.41, 5.74) is 8.73. The van der Waals surface area contributed by atoms with Gasteiger partial charge in [-0.3, -0.25) is 4.79 Å². The van der Waals surface area contributed by atoms with Gasteiger partial charge < -0.3 is 20.8 Å². The highest BCUT2D eigenvalue weighted by Crippen LogP contribution is 2.24. The van der Waals surface area contributed by atoms with Gasteiger partial charge in [0.25, 0.3) is 0 Å². The lowest BCUT2D eigenvalue weighted by Crippen LogP contribution is -2.37. The number of H-pyrrole nitrogens is 1. The molecule has 0 saturated carbocycles. The van der Waals surface area contributed by atoms with Crippen LogP contribution in [0.5, 0.6) is 5.75 Å². The number of nitrogens with two attached hydrogens (primary N) is 1. The summed E-state index contributed by atoms with van der Waals surface area (Å²) in [6.45, 7) is 0.571. The van der Waals surface area contributed by atoms with Crippen molar-refractivity contribution in [3.05, 3.63) is 78.4 Å². The molecule has 3 aromatic rings. The van der Waals surface area contributed by atoms with Gasteiger partial charge in [-0.2, -0.15) is 0 Å². The maximum absolute atomic E-state index is 12.4. The Morgan fingerprint density at radius 3 is 2.70 bits per heavy atom. The van der Waals surface area contributed by atoms with Crippen LogP contribution in [0.4, 0.5) is 5.69 Å². The second-order valence-electron chi connectivity index (χ2n) is 6.31. The van der Waals surface area contributed by atoms with Crippen LogP contribution in [0, 0.1) is 0 Å². The van der Waals surface area contributed by atoms with Gasteiger partial charge in [-0.1, -0.05) is 42.5 Å². The third kappa shape index (κ3) is 5.69. The monoisotopic (exact) mass is 364 g/mol. The largest absolute Gasteiger partial charge is 0.491 e. The van der Waals surface area contributed by atoms with Gasteiger partial charge in [-0.15, -0.1) is 0 Å². The molecule has 0 unspecified atom stereocenters. The Hall–Kier alpha value is -3.12. The summed E-state index contributed by atoms with van der Waals surface area (Å²) in [6, 6.07) is 17.0. The lowest BCUT2D eigenvalue weighted by atomic mass is 10.1. The molecule has 6 heteroatoms. The Morgan fingerprint density at radius 1 is 1.15 bits per heavy atom. The molecule has 27 heavy (non-hydrogen) atoms. The van der Waals surface area contributed by atoms with Crippen molar-refractivity contribution in [2.75, 3.05) is 11.9 Å². The van der Waals surface area contributed by atoms with Crippen LogP contribution in [-0.4, -0.2) is 28.5 Å². The topological polar surface area (TPSA) is 93.0 Å². The van der Waals surface area contributed by atoms with Crippen molar-refractivity contribution in [2.24, 2.45) is 5.73 Å². The van der Waals surface area contributed by atoms with E-state index in [2.05, 4.69) is 27.4 Å². The van der Waals surface area contributed by atoms with E-state index in [1.807, 2.05) is 42.5 Å². The predicted molar refractivity (Wildman–Crippen MR) is 106 cm³/mol. The van der Waals surface area contributed by atoms with E-state index >= 15 is 0 Å². The fourth-order valence-corrected chi connectivity index (χ4v) is 2.75. The van der Waals surface area contributed by atoms with E-state index in [0.717, 1.165) is 18.5 Å². The number of nitrogens with zero attached hydrogens (tertiary/aromatic N) is 1. The van der Waals surface area contributed by atoms with Crippen molar-refractivity contribution in [2.45, 2.75) is 25.3 Å². The zero-order valence-corrected chi connectivity index (χ0v) is 15.1. The molecule has 0 aliphatic rings. The fraction of sp³-hybridized carbons (Fsp3) is 0.238. The van der Waals surface area contributed by atoms with Crippen LogP contribution in [0.1, 0.15) is 17.7 Å². The van der Waals surface area contributed by atoms with Crippen molar-refractivity contribution in [1.29, 1.82) is 0 Å². The molecule has 2 aromatic carbocycles. The zero-order valence-electron chi connectivity index (χ0n) is 15.1. The molecule has 0 aliphatic carbocycles. The maximum Gasteiger partial charge on any atom is 0.241 e. The first-order valence-corrected chi connectivity index (χ1v) is 9.02. The number of nitrogens with one attached hydrogen (secondary N) is 2. The Bertz CT molecular complexity index is 834. The number of aromatic nitrogens is 2. The van der Waals surface area contributed by atoms with E-state index in [1.54, 1.807) is 12.5 Å². The molecule has 0 spiro atoms. The van der Waals surface area contributed by atoms with E-state index < -0.39 is 6.04 Å². The number of hydrogen-bond acceptors (Lipinski definition) is 4. The number of aromatic amines is 1. The molecular weight excluding hydrogens is 340 g/mol. The summed E-state index contributed by atoms with van der Waals surface area (Å²) in [5.74, 6) is 0.387. The van der Waals surface area contributed by atoms with Crippen molar-refractivity contribution < 1.29 is 9.53 Å². The molecule has 0 radical (unpaired) electrons. The average Bonchev–Trinajstić information content (AvgIpc) is 3.20. The number of ether oxygens (including phenoxy) is 1. The minimum absolute atomic E-state index is 0.259. The molecule has 0 aliphatic heterocycles. The third-order valence-corrected chi connectivity index (χ3v) is 4.19. The number of amides is 1. The van der Waals surface area contributed by atoms with E-state index in [-0.39, 0.29) is 5.91 Å². The molecule has 6 nitrogen and oxygen atoms in total. The lowest BCUT2D eigenvalue weighted by Gasteiger charge is -2.15.